The maximum absolute atomic E-state index is 11.5. The molecule has 1 rings (SSSR count). The van der Waals surface area contributed by atoms with Gasteiger partial charge in [-0.1, -0.05) is 0 Å². The molecule has 15 heavy (non-hydrogen) atoms. The maximum Gasteiger partial charge on any atom is 0.407 e. The molecule has 1 heterocycles. The van der Waals surface area contributed by atoms with E-state index in [-0.39, 0.29) is 11.9 Å². The second kappa shape index (κ2) is 5.55. The van der Waals surface area contributed by atoms with Gasteiger partial charge in [0.1, 0.15) is 0 Å². The fraction of sp³-hybridized carbons (Fsp3) is 0.778. The molecule has 2 N–H and O–H groups in total. The third-order valence-corrected chi connectivity index (χ3v) is 2.38. The maximum atomic E-state index is 11.5. The molecule has 1 saturated heterocycles. The van der Waals surface area contributed by atoms with Crippen molar-refractivity contribution in [1.29, 1.82) is 0 Å². The molecule has 0 aromatic rings. The van der Waals surface area contributed by atoms with Crippen molar-refractivity contribution in [3.63, 3.8) is 0 Å². The normalized spacial score (nSPS) is 20.1. The molecule has 0 bridgehead atoms. The van der Waals surface area contributed by atoms with Gasteiger partial charge in [0.2, 0.25) is 5.91 Å². The van der Waals surface area contributed by atoms with E-state index >= 15 is 0 Å². The molecule has 0 spiro atoms. The Morgan fingerprint density at radius 2 is 2.27 bits per heavy atom. The number of nitrogens with one attached hydrogen (secondary N) is 2. The van der Waals surface area contributed by atoms with Gasteiger partial charge in [-0.3, -0.25) is 4.79 Å². The average molecular weight is 215 g/mol. The molecule has 1 atom stereocenters. The SMILES string of the molecule is CNCC(=O)N1CCC(NC(=O)OC)C1. The van der Waals surface area contributed by atoms with Crippen molar-refractivity contribution in [2.45, 2.75) is 12.5 Å². The largest absolute Gasteiger partial charge is 0.453 e. The van der Waals surface area contributed by atoms with E-state index in [1.54, 1.807) is 11.9 Å². The number of likely N-dealkylation sites (tertiary alicyclic amines) is 1. The Hall–Kier alpha value is -1.30. The molecule has 0 aromatic carbocycles. The average Bonchev–Trinajstić information content (AvgIpc) is 2.66. The van der Waals surface area contributed by atoms with Gasteiger partial charge in [-0.2, -0.15) is 0 Å². The highest BCUT2D eigenvalue weighted by atomic mass is 16.5. The lowest BCUT2D eigenvalue weighted by Gasteiger charge is -2.16. The first-order valence-electron chi connectivity index (χ1n) is 4.94. The summed E-state index contributed by atoms with van der Waals surface area (Å²) < 4.78 is 4.49. The second-order valence-corrected chi connectivity index (χ2v) is 3.49. The van der Waals surface area contributed by atoms with E-state index in [0.29, 0.717) is 19.6 Å². The first-order chi connectivity index (χ1) is 7.17. The molecule has 1 aliphatic heterocycles. The Balaban J connectivity index is 2.32. The number of carbonyl (C=O) groups is 2. The van der Waals surface area contributed by atoms with Crippen molar-refractivity contribution in [2.75, 3.05) is 33.8 Å². The zero-order chi connectivity index (χ0) is 11.3. The number of alkyl carbamates (subject to hydrolysis) is 1. The number of hydrogen-bond donors (Lipinski definition) is 2. The number of hydrogen-bond acceptors (Lipinski definition) is 4. The number of amides is 2. The van der Waals surface area contributed by atoms with Crippen molar-refractivity contribution in [1.82, 2.24) is 15.5 Å². The van der Waals surface area contributed by atoms with Crippen LogP contribution in [-0.4, -0.2) is 56.7 Å². The van der Waals surface area contributed by atoms with Gasteiger partial charge in [-0.15, -0.1) is 0 Å². The summed E-state index contributed by atoms with van der Waals surface area (Å²) >= 11 is 0. The molecule has 2 amide bonds. The Kier molecular flexibility index (Phi) is 4.36. The molecular weight excluding hydrogens is 198 g/mol. The molecule has 6 nitrogen and oxygen atoms in total. The van der Waals surface area contributed by atoms with E-state index in [9.17, 15) is 9.59 Å². The fourth-order valence-electron chi connectivity index (χ4n) is 1.59. The zero-order valence-electron chi connectivity index (χ0n) is 9.08. The molecule has 1 aliphatic rings. The lowest BCUT2D eigenvalue weighted by atomic mass is 10.3. The predicted octanol–water partition coefficient (Wildman–Crippen LogP) is -0.837. The Morgan fingerprint density at radius 1 is 1.53 bits per heavy atom. The van der Waals surface area contributed by atoms with Crippen LogP contribution in [0.5, 0.6) is 0 Å². The summed E-state index contributed by atoms with van der Waals surface area (Å²) in [5, 5.41) is 5.49. The third kappa shape index (κ3) is 3.39. The highest BCUT2D eigenvalue weighted by molar-refractivity contribution is 5.78. The minimum absolute atomic E-state index is 0.0123. The second-order valence-electron chi connectivity index (χ2n) is 3.49. The summed E-state index contributed by atoms with van der Waals surface area (Å²) in [6.07, 6.45) is 0.341. The van der Waals surface area contributed by atoms with E-state index in [1.165, 1.54) is 7.11 Å². The van der Waals surface area contributed by atoms with Gasteiger partial charge >= 0.3 is 6.09 Å². The van der Waals surface area contributed by atoms with E-state index in [4.69, 9.17) is 0 Å². The van der Waals surface area contributed by atoms with Crippen molar-refractivity contribution in [3.05, 3.63) is 0 Å². The number of rotatable bonds is 3. The topological polar surface area (TPSA) is 70.7 Å². The summed E-state index contributed by atoms with van der Waals surface area (Å²) in [5.41, 5.74) is 0. The third-order valence-electron chi connectivity index (χ3n) is 2.38. The summed E-state index contributed by atoms with van der Waals surface area (Å²) in [6, 6.07) is 0.0123. The Labute approximate surface area is 88.9 Å². The number of nitrogens with zero attached hydrogens (tertiary/aromatic N) is 1. The van der Waals surface area contributed by atoms with Gasteiger partial charge in [0.15, 0.2) is 0 Å². The molecule has 6 heteroatoms. The number of carbonyl (C=O) groups excluding carboxylic acids is 2. The van der Waals surface area contributed by atoms with Crippen LogP contribution in [0.2, 0.25) is 0 Å². The lowest BCUT2D eigenvalue weighted by molar-refractivity contribution is -0.129. The fourth-order valence-corrected chi connectivity index (χ4v) is 1.59. The minimum Gasteiger partial charge on any atom is -0.453 e. The van der Waals surface area contributed by atoms with E-state index < -0.39 is 6.09 Å². The summed E-state index contributed by atoms with van der Waals surface area (Å²) in [6.45, 7) is 1.59. The zero-order valence-corrected chi connectivity index (χ0v) is 9.08. The molecule has 0 radical (unpaired) electrons. The molecule has 0 saturated carbocycles. The van der Waals surface area contributed by atoms with Crippen molar-refractivity contribution < 1.29 is 14.3 Å². The summed E-state index contributed by atoms with van der Waals surface area (Å²) in [7, 11) is 3.06. The predicted molar refractivity (Wildman–Crippen MR) is 54.5 cm³/mol. The van der Waals surface area contributed by atoms with Gasteiger partial charge in [-0.05, 0) is 13.5 Å². The first kappa shape index (κ1) is 11.8. The Bertz CT molecular complexity index is 245. The van der Waals surface area contributed by atoms with Crippen molar-refractivity contribution in [3.8, 4) is 0 Å². The molecule has 86 valence electrons. The quantitative estimate of drug-likeness (QED) is 0.644. The van der Waals surface area contributed by atoms with Crippen LogP contribution in [0.3, 0.4) is 0 Å². The van der Waals surface area contributed by atoms with Crippen molar-refractivity contribution >= 4 is 12.0 Å². The summed E-state index contributed by atoms with van der Waals surface area (Å²) in [4.78, 5) is 24.1. The Morgan fingerprint density at radius 3 is 2.87 bits per heavy atom. The van der Waals surface area contributed by atoms with Crippen molar-refractivity contribution in [2.24, 2.45) is 0 Å². The lowest BCUT2D eigenvalue weighted by Crippen LogP contribution is -2.40. The van der Waals surface area contributed by atoms with E-state index in [1.807, 2.05) is 0 Å². The molecule has 1 fully saturated rings. The first-order valence-corrected chi connectivity index (χ1v) is 4.94. The van der Waals surface area contributed by atoms with Gasteiger partial charge in [0, 0.05) is 13.1 Å². The van der Waals surface area contributed by atoms with Gasteiger partial charge in [0.25, 0.3) is 0 Å². The molecule has 1 unspecified atom stereocenters. The summed E-state index contributed by atoms with van der Waals surface area (Å²) in [5.74, 6) is 0.0617. The minimum atomic E-state index is -0.442. The van der Waals surface area contributed by atoms with Gasteiger partial charge in [-0.25, -0.2) is 4.79 Å². The van der Waals surface area contributed by atoms with Gasteiger partial charge in [0.05, 0.1) is 19.7 Å². The van der Waals surface area contributed by atoms with Crippen LogP contribution in [0.15, 0.2) is 0 Å². The van der Waals surface area contributed by atoms with Crippen LogP contribution in [0.1, 0.15) is 6.42 Å². The number of likely N-dealkylation sites (N-methyl/N-ethyl adjacent to an activating group) is 1. The molecular formula is C9H17N3O3. The van der Waals surface area contributed by atoms with Gasteiger partial charge < -0.3 is 20.3 Å². The monoisotopic (exact) mass is 215 g/mol. The standard InChI is InChI=1S/C9H17N3O3/c1-10-5-8(13)12-4-3-7(6-12)11-9(14)15-2/h7,10H,3-6H2,1-2H3,(H,11,14). The van der Waals surface area contributed by atoms with Crippen LogP contribution in [0.4, 0.5) is 4.79 Å². The highest BCUT2D eigenvalue weighted by Crippen LogP contribution is 2.08. The van der Waals surface area contributed by atoms with E-state index in [2.05, 4.69) is 15.4 Å². The smallest absolute Gasteiger partial charge is 0.407 e. The molecule has 0 aromatic heterocycles. The number of ether oxygens (including phenoxy) is 1. The van der Waals surface area contributed by atoms with Crippen LogP contribution in [0, 0.1) is 0 Å². The van der Waals surface area contributed by atoms with Crippen LogP contribution in [-0.2, 0) is 9.53 Å². The molecule has 0 aliphatic carbocycles. The van der Waals surface area contributed by atoms with Crippen LogP contribution < -0.4 is 10.6 Å². The highest BCUT2D eigenvalue weighted by Gasteiger charge is 2.26. The van der Waals surface area contributed by atoms with Crippen LogP contribution >= 0.6 is 0 Å². The van der Waals surface area contributed by atoms with Crippen LogP contribution in [0.25, 0.3) is 0 Å². The van der Waals surface area contributed by atoms with E-state index in [0.717, 1.165) is 6.42 Å². The number of methoxy groups -OCH3 is 1.